The van der Waals surface area contributed by atoms with Crippen molar-refractivity contribution in [3.05, 3.63) is 76.2 Å². The first-order valence-corrected chi connectivity index (χ1v) is 8.62. The highest BCUT2D eigenvalue weighted by atomic mass is 19.4. The molecule has 0 saturated heterocycles. The molecule has 168 valence electrons. The summed E-state index contributed by atoms with van der Waals surface area (Å²) in [6, 6.07) is 7.16. The Morgan fingerprint density at radius 3 is 2.06 bits per heavy atom. The standard InChI is InChI=1S/C20H12F6N2O4/c21-19(22,23)14-6-5-13(18(27)30)17(16(14)10-7-8-28-15(29)9-10)31-11-1-3-12(4-2-11)32-20(24,25)26/h1-9H,(H2,27,30)(H,28,29). The number of amides is 1. The summed E-state index contributed by atoms with van der Waals surface area (Å²) in [5, 5.41) is 0. The number of aromatic nitrogens is 1. The van der Waals surface area contributed by atoms with Gasteiger partial charge in [-0.05, 0) is 48.0 Å². The van der Waals surface area contributed by atoms with Gasteiger partial charge < -0.3 is 20.2 Å². The molecular weight excluding hydrogens is 446 g/mol. The van der Waals surface area contributed by atoms with Gasteiger partial charge in [0.2, 0.25) is 5.56 Å². The number of ether oxygens (including phenoxy) is 2. The van der Waals surface area contributed by atoms with E-state index in [1.165, 1.54) is 0 Å². The molecule has 1 aromatic heterocycles. The molecule has 6 nitrogen and oxygen atoms in total. The fourth-order valence-electron chi connectivity index (χ4n) is 2.83. The van der Waals surface area contributed by atoms with Gasteiger partial charge in [-0.15, -0.1) is 13.2 Å². The lowest BCUT2D eigenvalue weighted by molar-refractivity contribution is -0.274. The Morgan fingerprint density at radius 2 is 1.53 bits per heavy atom. The molecule has 0 spiro atoms. The van der Waals surface area contributed by atoms with E-state index in [-0.39, 0.29) is 11.3 Å². The average molecular weight is 458 g/mol. The summed E-state index contributed by atoms with van der Waals surface area (Å²) in [5.41, 5.74) is 2.03. The molecule has 1 heterocycles. The number of alkyl halides is 6. The van der Waals surface area contributed by atoms with Gasteiger partial charge in [0.15, 0.2) is 0 Å². The number of rotatable bonds is 5. The van der Waals surface area contributed by atoms with Crippen LogP contribution in [0.3, 0.4) is 0 Å². The minimum absolute atomic E-state index is 0.215. The number of pyridine rings is 1. The molecule has 2 aromatic carbocycles. The summed E-state index contributed by atoms with van der Waals surface area (Å²) in [4.78, 5) is 25.8. The first-order valence-electron chi connectivity index (χ1n) is 8.62. The van der Waals surface area contributed by atoms with E-state index in [2.05, 4.69) is 9.72 Å². The number of nitrogens with one attached hydrogen (secondary N) is 1. The maximum Gasteiger partial charge on any atom is 0.573 e. The van der Waals surface area contributed by atoms with Crippen LogP contribution in [0.4, 0.5) is 26.3 Å². The molecule has 3 N–H and O–H groups in total. The summed E-state index contributed by atoms with van der Waals surface area (Å²) >= 11 is 0. The lowest BCUT2D eigenvalue weighted by Crippen LogP contribution is -2.17. The van der Waals surface area contributed by atoms with Crippen molar-refractivity contribution in [1.82, 2.24) is 4.98 Å². The molecule has 0 radical (unpaired) electrons. The van der Waals surface area contributed by atoms with Crippen LogP contribution in [0.1, 0.15) is 15.9 Å². The van der Waals surface area contributed by atoms with Crippen molar-refractivity contribution in [3.8, 4) is 28.4 Å². The third kappa shape index (κ3) is 5.20. The third-order valence-corrected chi connectivity index (χ3v) is 4.07. The normalized spacial score (nSPS) is 11.8. The lowest BCUT2D eigenvalue weighted by atomic mass is 9.95. The fraction of sp³-hybridized carbons (Fsp3) is 0.100. The molecule has 0 aliphatic heterocycles. The van der Waals surface area contributed by atoms with Crippen molar-refractivity contribution >= 4 is 5.91 Å². The fourth-order valence-corrected chi connectivity index (χ4v) is 2.83. The van der Waals surface area contributed by atoms with Gasteiger partial charge in [-0.1, -0.05) is 0 Å². The van der Waals surface area contributed by atoms with Gasteiger partial charge in [0.1, 0.15) is 17.2 Å². The number of carbonyl (C=O) groups is 1. The second-order valence-corrected chi connectivity index (χ2v) is 6.29. The number of H-pyrrole nitrogens is 1. The van der Waals surface area contributed by atoms with Crippen LogP contribution in [0.2, 0.25) is 0 Å². The van der Waals surface area contributed by atoms with E-state index in [1.807, 2.05) is 0 Å². The van der Waals surface area contributed by atoms with Gasteiger partial charge in [-0.2, -0.15) is 13.2 Å². The second kappa shape index (κ2) is 8.29. The Morgan fingerprint density at radius 1 is 0.906 bits per heavy atom. The topological polar surface area (TPSA) is 94.4 Å². The van der Waals surface area contributed by atoms with E-state index >= 15 is 0 Å². The largest absolute Gasteiger partial charge is 0.573 e. The molecule has 32 heavy (non-hydrogen) atoms. The summed E-state index contributed by atoms with van der Waals surface area (Å²) in [5.74, 6) is -2.56. The van der Waals surface area contributed by atoms with Crippen LogP contribution in [0.15, 0.2) is 59.5 Å². The maximum atomic E-state index is 13.7. The van der Waals surface area contributed by atoms with Crippen molar-refractivity contribution in [2.75, 3.05) is 0 Å². The van der Waals surface area contributed by atoms with Crippen LogP contribution in [-0.4, -0.2) is 17.3 Å². The zero-order valence-electron chi connectivity index (χ0n) is 15.7. The molecule has 3 rings (SSSR count). The summed E-state index contributed by atoms with van der Waals surface area (Å²) in [6.07, 6.45) is -8.76. The highest BCUT2D eigenvalue weighted by Crippen LogP contribution is 2.45. The van der Waals surface area contributed by atoms with E-state index in [0.29, 0.717) is 6.07 Å². The lowest BCUT2D eigenvalue weighted by Gasteiger charge is -2.20. The first-order chi connectivity index (χ1) is 14.8. The van der Waals surface area contributed by atoms with E-state index in [0.717, 1.165) is 48.7 Å². The van der Waals surface area contributed by atoms with E-state index in [1.54, 1.807) is 0 Å². The Hall–Kier alpha value is -3.96. The minimum atomic E-state index is -4.95. The smallest absolute Gasteiger partial charge is 0.456 e. The maximum absolute atomic E-state index is 13.7. The van der Waals surface area contributed by atoms with Crippen LogP contribution in [-0.2, 0) is 6.18 Å². The van der Waals surface area contributed by atoms with Gasteiger partial charge in [0.25, 0.3) is 5.91 Å². The molecular formula is C20H12F6N2O4. The predicted octanol–water partition coefficient (Wildman–Crippen LogP) is 4.85. The van der Waals surface area contributed by atoms with Crippen molar-refractivity contribution in [3.63, 3.8) is 0 Å². The van der Waals surface area contributed by atoms with Crippen LogP contribution in [0, 0.1) is 0 Å². The predicted molar refractivity (Wildman–Crippen MR) is 99.2 cm³/mol. The SMILES string of the molecule is NC(=O)c1ccc(C(F)(F)F)c(-c2cc[nH]c(=O)c2)c1Oc1ccc(OC(F)(F)F)cc1. The van der Waals surface area contributed by atoms with E-state index in [9.17, 15) is 35.9 Å². The van der Waals surface area contributed by atoms with Crippen LogP contribution in [0.25, 0.3) is 11.1 Å². The average Bonchev–Trinajstić information content (AvgIpc) is 2.67. The van der Waals surface area contributed by atoms with Gasteiger partial charge in [0.05, 0.1) is 11.1 Å². The molecule has 0 saturated carbocycles. The van der Waals surface area contributed by atoms with Crippen LogP contribution in [0.5, 0.6) is 17.2 Å². The summed E-state index contributed by atoms with van der Waals surface area (Å²) in [6.45, 7) is 0. The quantitative estimate of drug-likeness (QED) is 0.535. The molecule has 0 aliphatic rings. The number of hydrogen-bond donors (Lipinski definition) is 2. The number of carbonyl (C=O) groups excluding carboxylic acids is 1. The van der Waals surface area contributed by atoms with Gasteiger partial charge >= 0.3 is 12.5 Å². The zero-order valence-corrected chi connectivity index (χ0v) is 15.7. The Labute approximate surface area is 175 Å². The van der Waals surface area contributed by atoms with Crippen LogP contribution >= 0.6 is 0 Å². The van der Waals surface area contributed by atoms with E-state index in [4.69, 9.17) is 10.5 Å². The Bertz CT molecular complexity index is 1200. The Balaban J connectivity index is 2.19. The molecule has 3 aromatic rings. The zero-order chi connectivity index (χ0) is 23.7. The van der Waals surface area contributed by atoms with Crippen molar-refractivity contribution in [2.45, 2.75) is 12.5 Å². The van der Waals surface area contributed by atoms with Crippen LogP contribution < -0.4 is 20.8 Å². The van der Waals surface area contributed by atoms with Crippen molar-refractivity contribution in [1.29, 1.82) is 0 Å². The molecule has 1 amide bonds. The molecule has 0 bridgehead atoms. The van der Waals surface area contributed by atoms with E-state index < -0.39 is 52.2 Å². The summed E-state index contributed by atoms with van der Waals surface area (Å²) < 4.78 is 87.3. The highest BCUT2D eigenvalue weighted by molar-refractivity contribution is 5.99. The van der Waals surface area contributed by atoms with Crippen molar-refractivity contribution < 1.29 is 40.6 Å². The first kappa shape index (κ1) is 22.7. The minimum Gasteiger partial charge on any atom is -0.456 e. The molecule has 0 atom stereocenters. The second-order valence-electron chi connectivity index (χ2n) is 6.29. The number of hydrogen-bond acceptors (Lipinski definition) is 4. The number of primary amides is 1. The molecule has 0 unspecified atom stereocenters. The number of halogens is 6. The van der Waals surface area contributed by atoms with Gasteiger partial charge in [-0.3, -0.25) is 9.59 Å². The highest BCUT2D eigenvalue weighted by Gasteiger charge is 2.37. The number of aromatic amines is 1. The third-order valence-electron chi connectivity index (χ3n) is 4.07. The Kier molecular flexibility index (Phi) is 5.88. The molecule has 0 fully saturated rings. The van der Waals surface area contributed by atoms with Gasteiger partial charge in [-0.25, -0.2) is 0 Å². The molecule has 0 aliphatic carbocycles. The molecule has 12 heteroatoms. The van der Waals surface area contributed by atoms with Crippen molar-refractivity contribution in [2.24, 2.45) is 5.73 Å². The monoisotopic (exact) mass is 458 g/mol. The number of benzene rings is 2. The summed E-state index contributed by atoms with van der Waals surface area (Å²) in [7, 11) is 0. The number of nitrogens with two attached hydrogens (primary N) is 1. The van der Waals surface area contributed by atoms with Gasteiger partial charge in [0, 0.05) is 17.8 Å².